The van der Waals surface area contributed by atoms with Crippen molar-refractivity contribution in [3.05, 3.63) is 15.4 Å². The first-order valence-corrected chi connectivity index (χ1v) is 7.97. The van der Waals surface area contributed by atoms with E-state index in [0.717, 1.165) is 30.7 Å². The van der Waals surface area contributed by atoms with Crippen LogP contribution in [0.2, 0.25) is 0 Å². The highest BCUT2D eigenvalue weighted by Gasteiger charge is 2.19. The highest BCUT2D eigenvalue weighted by molar-refractivity contribution is 7.91. The first kappa shape index (κ1) is 15.4. The Hall–Kier alpha value is -0.700. The molecule has 1 aromatic rings. The molecule has 1 heterocycles. The maximum absolute atomic E-state index is 11.9. The number of H-pyrrole nitrogens is 1. The van der Waals surface area contributed by atoms with Crippen molar-refractivity contribution >= 4 is 21.4 Å². The Morgan fingerprint density at radius 2 is 2.00 bits per heavy atom. The van der Waals surface area contributed by atoms with E-state index >= 15 is 0 Å². The Kier molecular flexibility index (Phi) is 5.51. The van der Waals surface area contributed by atoms with Crippen LogP contribution in [-0.4, -0.2) is 45.5 Å². The number of aryl methyl sites for hydroxylation is 1. The van der Waals surface area contributed by atoms with Gasteiger partial charge in [0.25, 0.3) is 10.0 Å². The highest BCUT2D eigenvalue weighted by Crippen LogP contribution is 2.15. The molecule has 0 bridgehead atoms. The van der Waals surface area contributed by atoms with Crippen LogP contribution in [0.3, 0.4) is 0 Å². The standard InChI is InChI=1S/C10H19N3O3S2/c1-8-9(17-10(14)12-8)18(15,16)11-6-4-5-7-13(2)3/h11H,4-7H2,1-3H3,(H,12,14). The van der Waals surface area contributed by atoms with E-state index < -0.39 is 10.0 Å². The van der Waals surface area contributed by atoms with Crippen molar-refractivity contribution in [3.8, 4) is 0 Å². The lowest BCUT2D eigenvalue weighted by molar-refractivity contribution is 0.394. The fourth-order valence-electron chi connectivity index (χ4n) is 1.47. The third-order valence-corrected chi connectivity index (χ3v) is 5.42. The second kappa shape index (κ2) is 6.46. The normalized spacial score (nSPS) is 12.2. The van der Waals surface area contributed by atoms with E-state index in [0.29, 0.717) is 12.2 Å². The minimum Gasteiger partial charge on any atom is -0.315 e. The number of nitrogens with one attached hydrogen (secondary N) is 2. The average molecular weight is 293 g/mol. The molecule has 0 radical (unpaired) electrons. The molecule has 104 valence electrons. The molecule has 0 aliphatic rings. The van der Waals surface area contributed by atoms with Crippen LogP contribution in [-0.2, 0) is 10.0 Å². The molecular formula is C10H19N3O3S2. The number of sulfonamides is 1. The molecule has 1 rings (SSSR count). The number of thiazole rings is 1. The van der Waals surface area contributed by atoms with Gasteiger partial charge in [0, 0.05) is 12.2 Å². The predicted molar refractivity (Wildman–Crippen MR) is 72.7 cm³/mol. The number of aromatic amines is 1. The first-order valence-electron chi connectivity index (χ1n) is 5.67. The van der Waals surface area contributed by atoms with Crippen LogP contribution >= 0.6 is 11.3 Å². The topological polar surface area (TPSA) is 82.3 Å². The molecule has 0 fully saturated rings. The molecular weight excluding hydrogens is 274 g/mol. The number of nitrogens with zero attached hydrogens (tertiary/aromatic N) is 1. The molecule has 0 unspecified atom stereocenters. The summed E-state index contributed by atoms with van der Waals surface area (Å²) in [5.41, 5.74) is 0.394. The molecule has 0 saturated carbocycles. The van der Waals surface area contributed by atoms with Gasteiger partial charge < -0.3 is 9.88 Å². The van der Waals surface area contributed by atoms with Gasteiger partial charge in [-0.15, -0.1) is 0 Å². The Morgan fingerprint density at radius 1 is 1.33 bits per heavy atom. The molecule has 0 aliphatic carbocycles. The summed E-state index contributed by atoms with van der Waals surface area (Å²) < 4.78 is 26.4. The van der Waals surface area contributed by atoms with Crippen LogP contribution in [0.25, 0.3) is 0 Å². The lowest BCUT2D eigenvalue weighted by atomic mass is 10.3. The third kappa shape index (κ3) is 4.52. The summed E-state index contributed by atoms with van der Waals surface area (Å²) in [5, 5.41) is 0. The quantitative estimate of drug-likeness (QED) is 0.711. The Labute approximate surface area is 111 Å². The second-order valence-corrected chi connectivity index (χ2v) is 7.28. The second-order valence-electron chi connectivity index (χ2n) is 4.34. The maximum Gasteiger partial charge on any atom is 0.305 e. The van der Waals surface area contributed by atoms with Crippen molar-refractivity contribution in [2.45, 2.75) is 24.0 Å². The zero-order valence-electron chi connectivity index (χ0n) is 10.8. The molecule has 0 aliphatic heterocycles. The van der Waals surface area contributed by atoms with Gasteiger partial charge in [-0.3, -0.25) is 4.79 Å². The summed E-state index contributed by atoms with van der Waals surface area (Å²) in [4.78, 5) is 15.2. The summed E-state index contributed by atoms with van der Waals surface area (Å²) in [6, 6.07) is 0. The van der Waals surface area contributed by atoms with Crippen molar-refractivity contribution in [2.24, 2.45) is 0 Å². The van der Waals surface area contributed by atoms with Crippen molar-refractivity contribution in [1.29, 1.82) is 0 Å². The summed E-state index contributed by atoms with van der Waals surface area (Å²) >= 11 is 0.720. The lowest BCUT2D eigenvalue weighted by Crippen LogP contribution is -2.25. The monoisotopic (exact) mass is 293 g/mol. The molecule has 2 N–H and O–H groups in total. The van der Waals surface area contributed by atoms with Crippen LogP contribution in [0.5, 0.6) is 0 Å². The van der Waals surface area contributed by atoms with Gasteiger partial charge in [-0.1, -0.05) is 11.3 Å². The van der Waals surface area contributed by atoms with Gasteiger partial charge in [0.15, 0.2) is 4.21 Å². The van der Waals surface area contributed by atoms with Crippen LogP contribution in [0.4, 0.5) is 0 Å². The van der Waals surface area contributed by atoms with Crippen LogP contribution in [0, 0.1) is 6.92 Å². The zero-order valence-corrected chi connectivity index (χ0v) is 12.4. The van der Waals surface area contributed by atoms with E-state index in [2.05, 4.69) is 14.6 Å². The number of hydrogen-bond acceptors (Lipinski definition) is 5. The number of hydrogen-bond donors (Lipinski definition) is 2. The van der Waals surface area contributed by atoms with Gasteiger partial charge in [0.05, 0.1) is 0 Å². The lowest BCUT2D eigenvalue weighted by Gasteiger charge is -2.09. The van der Waals surface area contributed by atoms with E-state index in [1.54, 1.807) is 6.92 Å². The van der Waals surface area contributed by atoms with Gasteiger partial charge >= 0.3 is 4.87 Å². The molecule has 0 aromatic carbocycles. The van der Waals surface area contributed by atoms with Gasteiger partial charge in [0.2, 0.25) is 0 Å². The highest BCUT2D eigenvalue weighted by atomic mass is 32.2. The van der Waals surface area contributed by atoms with E-state index in [9.17, 15) is 13.2 Å². The summed E-state index contributed by atoms with van der Waals surface area (Å²) in [6.07, 6.45) is 1.70. The van der Waals surface area contributed by atoms with Crippen molar-refractivity contribution < 1.29 is 8.42 Å². The molecule has 8 heteroatoms. The van der Waals surface area contributed by atoms with Gasteiger partial charge in [-0.25, -0.2) is 13.1 Å². The Balaban J connectivity index is 2.51. The SMILES string of the molecule is Cc1[nH]c(=O)sc1S(=O)(=O)NCCCCN(C)C. The fraction of sp³-hybridized carbons (Fsp3) is 0.700. The van der Waals surface area contributed by atoms with Crippen LogP contribution < -0.4 is 9.60 Å². The molecule has 0 spiro atoms. The van der Waals surface area contributed by atoms with E-state index in [-0.39, 0.29) is 9.08 Å². The minimum atomic E-state index is -3.55. The van der Waals surface area contributed by atoms with Crippen molar-refractivity contribution in [3.63, 3.8) is 0 Å². The van der Waals surface area contributed by atoms with Crippen molar-refractivity contribution in [1.82, 2.24) is 14.6 Å². The van der Waals surface area contributed by atoms with Crippen molar-refractivity contribution in [2.75, 3.05) is 27.2 Å². The smallest absolute Gasteiger partial charge is 0.305 e. The number of rotatable bonds is 7. The van der Waals surface area contributed by atoms with Gasteiger partial charge in [-0.05, 0) is 40.4 Å². The minimum absolute atomic E-state index is 0.0834. The summed E-state index contributed by atoms with van der Waals surface area (Å²) in [6.45, 7) is 2.90. The Morgan fingerprint density at radius 3 is 2.50 bits per heavy atom. The predicted octanol–water partition coefficient (Wildman–Crippen LogP) is 0.365. The number of unbranched alkanes of at least 4 members (excludes halogenated alkanes) is 1. The summed E-state index contributed by atoms with van der Waals surface area (Å²) in [5.74, 6) is 0. The zero-order chi connectivity index (χ0) is 13.8. The van der Waals surface area contributed by atoms with Crippen LogP contribution in [0.1, 0.15) is 18.5 Å². The number of aromatic nitrogens is 1. The van der Waals surface area contributed by atoms with Gasteiger partial charge in [-0.2, -0.15) is 0 Å². The molecule has 0 saturated heterocycles. The summed E-state index contributed by atoms with van der Waals surface area (Å²) in [7, 11) is 0.407. The Bertz CT molecular complexity index is 531. The molecule has 0 amide bonds. The fourth-order valence-corrected chi connectivity index (χ4v) is 3.89. The van der Waals surface area contributed by atoms with Crippen LogP contribution in [0.15, 0.2) is 9.00 Å². The largest absolute Gasteiger partial charge is 0.315 e. The van der Waals surface area contributed by atoms with E-state index in [1.165, 1.54) is 0 Å². The molecule has 1 aromatic heterocycles. The maximum atomic E-state index is 11.9. The third-order valence-electron chi connectivity index (χ3n) is 2.35. The van der Waals surface area contributed by atoms with Gasteiger partial charge in [0.1, 0.15) is 0 Å². The van der Waals surface area contributed by atoms with E-state index in [1.807, 2.05) is 14.1 Å². The molecule has 6 nitrogen and oxygen atoms in total. The average Bonchev–Trinajstić information content (AvgIpc) is 2.57. The molecule has 18 heavy (non-hydrogen) atoms. The van der Waals surface area contributed by atoms with E-state index in [4.69, 9.17) is 0 Å². The first-order chi connectivity index (χ1) is 8.33. The molecule has 0 atom stereocenters.